The first kappa shape index (κ1) is 5.34. The standard InChI is InChI=1S/C6H3IO2/c7-6-1-4-2-8-3-5(4)9-6/h1-3H. The van der Waals surface area contributed by atoms with Gasteiger partial charge in [-0.25, -0.2) is 0 Å². The number of hydrogen-bond donors (Lipinski definition) is 0. The third kappa shape index (κ3) is 0.755. The molecule has 2 aromatic rings. The summed E-state index contributed by atoms with van der Waals surface area (Å²) >= 11 is 2.12. The number of fused-ring (bicyclic) bond motifs is 1. The van der Waals surface area contributed by atoms with E-state index in [1.54, 1.807) is 12.5 Å². The fourth-order valence-electron chi connectivity index (χ4n) is 0.740. The van der Waals surface area contributed by atoms with E-state index in [2.05, 4.69) is 22.6 Å². The van der Waals surface area contributed by atoms with Gasteiger partial charge in [-0.15, -0.1) is 0 Å². The molecule has 0 amide bonds. The molecule has 0 saturated heterocycles. The summed E-state index contributed by atoms with van der Waals surface area (Å²) in [6.45, 7) is 0. The molecule has 0 fully saturated rings. The van der Waals surface area contributed by atoms with Crippen molar-refractivity contribution in [1.29, 1.82) is 0 Å². The largest absolute Gasteiger partial charge is 0.468 e. The molecule has 0 N–H and O–H groups in total. The Bertz CT molecular complexity index is 292. The predicted octanol–water partition coefficient (Wildman–Crippen LogP) is 2.63. The van der Waals surface area contributed by atoms with Gasteiger partial charge in [0, 0.05) is 6.07 Å². The molecular weight excluding hydrogens is 231 g/mol. The van der Waals surface area contributed by atoms with Gasteiger partial charge in [-0.3, -0.25) is 0 Å². The van der Waals surface area contributed by atoms with Crippen LogP contribution in [0.1, 0.15) is 0 Å². The molecule has 9 heavy (non-hydrogen) atoms. The second kappa shape index (κ2) is 1.76. The zero-order valence-electron chi connectivity index (χ0n) is 4.43. The van der Waals surface area contributed by atoms with Crippen molar-refractivity contribution in [3.63, 3.8) is 0 Å². The van der Waals surface area contributed by atoms with Crippen LogP contribution in [0.25, 0.3) is 11.0 Å². The second-order valence-electron chi connectivity index (χ2n) is 1.74. The van der Waals surface area contributed by atoms with E-state index in [1.807, 2.05) is 6.07 Å². The summed E-state index contributed by atoms with van der Waals surface area (Å²) in [5.74, 6) is 0. The number of hydrogen-bond acceptors (Lipinski definition) is 2. The van der Waals surface area contributed by atoms with Crippen LogP contribution in [0.3, 0.4) is 0 Å². The predicted molar refractivity (Wildman–Crippen MR) is 41.2 cm³/mol. The number of halogens is 1. The van der Waals surface area contributed by atoms with Gasteiger partial charge in [0.1, 0.15) is 12.5 Å². The first-order valence-corrected chi connectivity index (χ1v) is 3.55. The van der Waals surface area contributed by atoms with Crippen molar-refractivity contribution in [1.82, 2.24) is 0 Å². The van der Waals surface area contributed by atoms with Crippen molar-refractivity contribution in [3.8, 4) is 0 Å². The Morgan fingerprint density at radius 1 is 1.33 bits per heavy atom. The Labute approximate surface area is 65.0 Å². The van der Waals surface area contributed by atoms with Gasteiger partial charge in [0.15, 0.2) is 9.35 Å². The lowest BCUT2D eigenvalue weighted by Gasteiger charge is -1.71. The van der Waals surface area contributed by atoms with Gasteiger partial charge in [-0.1, -0.05) is 0 Å². The van der Waals surface area contributed by atoms with Crippen LogP contribution in [0.2, 0.25) is 0 Å². The fourth-order valence-corrected chi connectivity index (χ4v) is 1.31. The molecule has 2 aromatic heterocycles. The maximum Gasteiger partial charge on any atom is 0.173 e. The van der Waals surface area contributed by atoms with E-state index in [9.17, 15) is 0 Å². The van der Waals surface area contributed by atoms with E-state index in [-0.39, 0.29) is 0 Å². The van der Waals surface area contributed by atoms with Gasteiger partial charge in [-0.05, 0) is 22.6 Å². The van der Waals surface area contributed by atoms with Gasteiger partial charge >= 0.3 is 0 Å². The average Bonchev–Trinajstić information content (AvgIpc) is 2.22. The lowest BCUT2D eigenvalue weighted by molar-refractivity contribution is 0.538. The SMILES string of the molecule is Ic1cc2cocc2o1. The maximum atomic E-state index is 5.20. The van der Waals surface area contributed by atoms with Crippen molar-refractivity contribution in [3.05, 3.63) is 22.4 Å². The highest BCUT2D eigenvalue weighted by molar-refractivity contribution is 14.1. The van der Waals surface area contributed by atoms with Gasteiger partial charge in [0.25, 0.3) is 0 Å². The smallest absolute Gasteiger partial charge is 0.173 e. The van der Waals surface area contributed by atoms with Gasteiger partial charge in [0.2, 0.25) is 0 Å². The van der Waals surface area contributed by atoms with Crippen LogP contribution in [0.15, 0.2) is 27.4 Å². The third-order valence-electron chi connectivity index (χ3n) is 1.13. The van der Waals surface area contributed by atoms with Crippen LogP contribution in [-0.2, 0) is 0 Å². The van der Waals surface area contributed by atoms with E-state index in [0.29, 0.717) is 0 Å². The Morgan fingerprint density at radius 2 is 2.22 bits per heavy atom. The van der Waals surface area contributed by atoms with E-state index in [0.717, 1.165) is 14.7 Å². The van der Waals surface area contributed by atoms with E-state index < -0.39 is 0 Å². The van der Waals surface area contributed by atoms with Crippen LogP contribution in [0.5, 0.6) is 0 Å². The van der Waals surface area contributed by atoms with Crippen LogP contribution in [0.4, 0.5) is 0 Å². The molecule has 2 heterocycles. The van der Waals surface area contributed by atoms with Crippen LogP contribution in [0, 0.1) is 3.77 Å². The minimum absolute atomic E-state index is 0.819. The summed E-state index contributed by atoms with van der Waals surface area (Å²) in [6.07, 6.45) is 3.26. The fraction of sp³-hybridized carbons (Fsp3) is 0. The van der Waals surface area contributed by atoms with Crippen molar-refractivity contribution in [2.24, 2.45) is 0 Å². The monoisotopic (exact) mass is 234 g/mol. The van der Waals surface area contributed by atoms with E-state index >= 15 is 0 Å². The third-order valence-corrected chi connectivity index (χ3v) is 1.66. The van der Waals surface area contributed by atoms with Gasteiger partial charge in [-0.2, -0.15) is 0 Å². The van der Waals surface area contributed by atoms with E-state index in [4.69, 9.17) is 8.83 Å². The zero-order chi connectivity index (χ0) is 6.27. The van der Waals surface area contributed by atoms with Crippen molar-refractivity contribution in [2.45, 2.75) is 0 Å². The molecule has 46 valence electrons. The molecule has 0 radical (unpaired) electrons. The van der Waals surface area contributed by atoms with E-state index in [1.165, 1.54) is 0 Å². The highest BCUT2D eigenvalue weighted by atomic mass is 127. The molecular formula is C6H3IO2. The normalized spacial score (nSPS) is 10.8. The highest BCUT2D eigenvalue weighted by Crippen LogP contribution is 2.20. The molecule has 2 nitrogen and oxygen atoms in total. The van der Waals surface area contributed by atoms with Crippen LogP contribution in [-0.4, -0.2) is 0 Å². The maximum absolute atomic E-state index is 5.20. The molecule has 3 heteroatoms. The molecule has 0 saturated carbocycles. The summed E-state index contributed by atoms with van der Waals surface area (Å²) in [6, 6.07) is 1.93. The summed E-state index contributed by atoms with van der Waals surface area (Å²) in [5.41, 5.74) is 0.819. The van der Waals surface area contributed by atoms with Crippen molar-refractivity contribution >= 4 is 33.6 Å². The first-order valence-electron chi connectivity index (χ1n) is 2.47. The minimum Gasteiger partial charge on any atom is -0.468 e. The molecule has 0 aromatic carbocycles. The van der Waals surface area contributed by atoms with Crippen LogP contribution < -0.4 is 0 Å². The van der Waals surface area contributed by atoms with Gasteiger partial charge < -0.3 is 8.83 Å². The molecule has 2 rings (SSSR count). The summed E-state index contributed by atoms with van der Waals surface area (Å²) in [7, 11) is 0. The molecule has 0 bridgehead atoms. The number of furan rings is 2. The topological polar surface area (TPSA) is 26.3 Å². The molecule has 0 spiro atoms. The van der Waals surface area contributed by atoms with Crippen molar-refractivity contribution in [2.75, 3.05) is 0 Å². The second-order valence-corrected chi connectivity index (χ2v) is 2.81. The number of rotatable bonds is 0. The van der Waals surface area contributed by atoms with Gasteiger partial charge in [0.05, 0.1) is 5.39 Å². The van der Waals surface area contributed by atoms with Crippen molar-refractivity contribution < 1.29 is 8.83 Å². The Morgan fingerprint density at radius 3 is 3.00 bits per heavy atom. The Kier molecular flexibility index (Phi) is 1.05. The molecule has 0 aliphatic carbocycles. The minimum atomic E-state index is 0.819. The first-order chi connectivity index (χ1) is 4.36. The summed E-state index contributed by atoms with van der Waals surface area (Å²) < 4.78 is 11.0. The lowest BCUT2D eigenvalue weighted by atomic mass is 10.4. The Hall–Kier alpha value is -0.450. The quantitative estimate of drug-likeness (QED) is 0.655. The molecule has 0 atom stereocenters. The summed E-state index contributed by atoms with van der Waals surface area (Å²) in [4.78, 5) is 0. The molecule has 0 aliphatic heterocycles. The average molecular weight is 234 g/mol. The lowest BCUT2D eigenvalue weighted by Crippen LogP contribution is -1.48. The molecule has 0 aliphatic rings. The molecule has 0 unspecified atom stereocenters. The van der Waals surface area contributed by atoms with Crippen LogP contribution >= 0.6 is 22.6 Å². The zero-order valence-corrected chi connectivity index (χ0v) is 6.58. The highest BCUT2D eigenvalue weighted by Gasteiger charge is 2.00. The summed E-state index contributed by atoms with van der Waals surface area (Å²) in [5, 5.41) is 1.03. The Balaban J connectivity index is 2.92.